The Bertz CT molecular complexity index is 1770. The van der Waals surface area contributed by atoms with Crippen LogP contribution >= 0.6 is 22.6 Å². The van der Waals surface area contributed by atoms with E-state index in [0.717, 1.165) is 36.4 Å². The summed E-state index contributed by atoms with van der Waals surface area (Å²) >= 11 is 2.21. The van der Waals surface area contributed by atoms with E-state index in [1.165, 1.54) is 0 Å². The molecule has 1 aliphatic rings. The molecule has 1 N–H and O–H groups in total. The van der Waals surface area contributed by atoms with Gasteiger partial charge in [-0.1, -0.05) is 60.7 Å². The van der Waals surface area contributed by atoms with Gasteiger partial charge in [0.25, 0.3) is 5.79 Å². The molecule has 0 unspecified atom stereocenters. The Morgan fingerprint density at radius 1 is 0.927 bits per heavy atom. The van der Waals surface area contributed by atoms with Crippen LogP contribution < -0.4 is 9.47 Å². The van der Waals surface area contributed by atoms with E-state index in [4.69, 9.17) is 18.9 Å². The zero-order valence-electron chi connectivity index (χ0n) is 22.8. The van der Waals surface area contributed by atoms with Crippen LogP contribution in [0, 0.1) is 9.49 Å². The number of carbonyl (C=O) groups excluding carboxylic acids is 2. The number of rotatable bonds is 7. The normalized spacial score (nSPS) is 15.9. The van der Waals surface area contributed by atoms with Gasteiger partial charge in [0.1, 0.15) is 6.61 Å². The van der Waals surface area contributed by atoms with Crippen molar-refractivity contribution in [1.29, 1.82) is 0 Å². The summed E-state index contributed by atoms with van der Waals surface area (Å²) in [6.07, 6.45) is 1.83. The van der Waals surface area contributed by atoms with Crippen LogP contribution in [0.2, 0.25) is 0 Å². The molecule has 7 nitrogen and oxygen atoms in total. The molecule has 5 aromatic rings. The highest BCUT2D eigenvalue weighted by molar-refractivity contribution is 14.1. The monoisotopic (exact) mass is 661 g/mol. The van der Waals surface area contributed by atoms with Gasteiger partial charge in [-0.05, 0) is 68.3 Å². The molecule has 1 aliphatic heterocycles. The third-order valence-electron chi connectivity index (χ3n) is 7.35. The van der Waals surface area contributed by atoms with Crippen LogP contribution in [0.15, 0.2) is 85.1 Å². The van der Waals surface area contributed by atoms with Gasteiger partial charge in [-0.3, -0.25) is 9.59 Å². The first-order valence-electron chi connectivity index (χ1n) is 13.2. The first-order valence-corrected chi connectivity index (χ1v) is 14.3. The average molecular weight is 661 g/mol. The second-order valence-corrected chi connectivity index (χ2v) is 11.6. The lowest BCUT2D eigenvalue weighted by atomic mass is 9.80. The zero-order chi connectivity index (χ0) is 28.7. The maximum absolute atomic E-state index is 13.3. The molecule has 0 bridgehead atoms. The van der Waals surface area contributed by atoms with Crippen LogP contribution in [0.5, 0.6) is 11.5 Å². The molecule has 6 rings (SSSR count). The number of hydrogen-bond acceptors (Lipinski definition) is 6. The number of nitrogens with one attached hydrogen (secondary N) is 1. The molecule has 0 saturated carbocycles. The summed E-state index contributed by atoms with van der Waals surface area (Å²) in [7, 11) is 1.58. The SMILES string of the molecule is COc1cc([C@H](c2c[nH]c3ccccc23)C2C(=O)OC(C)(C)OC2=O)cc(I)c1OCc1cccc2ccccc12. The number of hydrogen-bond donors (Lipinski definition) is 1. The van der Waals surface area contributed by atoms with Crippen molar-refractivity contribution in [2.45, 2.75) is 32.2 Å². The van der Waals surface area contributed by atoms with Gasteiger partial charge in [0.2, 0.25) is 0 Å². The predicted octanol–water partition coefficient (Wildman–Crippen LogP) is 7.10. The van der Waals surface area contributed by atoms with Gasteiger partial charge in [-0.25, -0.2) is 0 Å². The van der Waals surface area contributed by atoms with E-state index in [-0.39, 0.29) is 0 Å². The molecular formula is C33H28INO6. The fourth-order valence-corrected chi connectivity index (χ4v) is 6.31. The lowest BCUT2D eigenvalue weighted by Crippen LogP contribution is -2.48. The number of esters is 2. The maximum atomic E-state index is 13.3. The highest BCUT2D eigenvalue weighted by atomic mass is 127. The number of aromatic nitrogens is 1. The van der Waals surface area contributed by atoms with Gasteiger partial charge in [-0.2, -0.15) is 0 Å². The number of benzene rings is 4. The number of carbonyl (C=O) groups is 2. The molecule has 0 spiro atoms. The highest BCUT2D eigenvalue weighted by Gasteiger charge is 2.49. The van der Waals surface area contributed by atoms with Crippen molar-refractivity contribution in [2.24, 2.45) is 5.92 Å². The fourth-order valence-electron chi connectivity index (χ4n) is 5.53. The highest BCUT2D eigenvalue weighted by Crippen LogP contribution is 2.44. The van der Waals surface area contributed by atoms with Crippen molar-refractivity contribution in [2.75, 3.05) is 7.11 Å². The summed E-state index contributed by atoms with van der Waals surface area (Å²) in [4.78, 5) is 30.0. The van der Waals surface area contributed by atoms with Crippen molar-refractivity contribution < 1.29 is 28.5 Å². The molecule has 1 aromatic heterocycles. The predicted molar refractivity (Wildman–Crippen MR) is 164 cm³/mol. The third-order valence-corrected chi connectivity index (χ3v) is 8.15. The summed E-state index contributed by atoms with van der Waals surface area (Å²) in [6.45, 7) is 3.44. The van der Waals surface area contributed by atoms with E-state index in [1.54, 1.807) is 21.0 Å². The Morgan fingerprint density at radius 3 is 2.37 bits per heavy atom. The number of fused-ring (bicyclic) bond motifs is 2. The van der Waals surface area contributed by atoms with Crippen LogP contribution in [-0.2, 0) is 25.7 Å². The zero-order valence-corrected chi connectivity index (χ0v) is 24.9. The number of ether oxygens (including phenoxy) is 4. The summed E-state index contributed by atoms with van der Waals surface area (Å²) < 4.78 is 24.0. The largest absolute Gasteiger partial charge is 0.493 e. The van der Waals surface area contributed by atoms with Crippen molar-refractivity contribution in [3.8, 4) is 11.5 Å². The van der Waals surface area contributed by atoms with E-state index < -0.39 is 29.6 Å². The Labute approximate surface area is 250 Å². The third kappa shape index (κ3) is 5.12. The quantitative estimate of drug-likeness (QED) is 0.114. The van der Waals surface area contributed by atoms with Crippen molar-refractivity contribution in [1.82, 2.24) is 4.98 Å². The summed E-state index contributed by atoms with van der Waals surface area (Å²) in [5, 5.41) is 3.16. The minimum absolute atomic E-state index is 0.343. The van der Waals surface area contributed by atoms with Gasteiger partial charge in [0.15, 0.2) is 17.4 Å². The van der Waals surface area contributed by atoms with E-state index in [9.17, 15) is 9.59 Å². The standard InChI is InChI=1S/C33H28INO6/c1-33(2)40-31(36)29(32(37)41-33)28(24-17-35-26-14-7-6-13-23(24)26)21-15-25(34)30(27(16-21)38-3)39-18-20-11-8-10-19-9-4-5-12-22(19)20/h4-17,28-29,35H,18H2,1-3H3/t28-/m1/s1. The van der Waals surface area contributed by atoms with Crippen molar-refractivity contribution in [3.63, 3.8) is 0 Å². The Kier molecular flexibility index (Phi) is 7.11. The average Bonchev–Trinajstić information content (AvgIpc) is 3.37. The van der Waals surface area contributed by atoms with Crippen LogP contribution in [-0.4, -0.2) is 29.8 Å². The van der Waals surface area contributed by atoms with Crippen LogP contribution in [0.25, 0.3) is 21.7 Å². The molecule has 0 amide bonds. The number of aromatic amines is 1. The van der Waals surface area contributed by atoms with E-state index >= 15 is 0 Å². The lowest BCUT2D eigenvalue weighted by Gasteiger charge is -2.36. The van der Waals surface area contributed by atoms with Gasteiger partial charge in [0.05, 0.1) is 10.7 Å². The summed E-state index contributed by atoms with van der Waals surface area (Å²) in [5.74, 6) is -3.42. The molecule has 208 valence electrons. The summed E-state index contributed by atoms with van der Waals surface area (Å²) in [6, 6.07) is 25.8. The fraction of sp³-hybridized carbons (Fsp3) is 0.212. The second kappa shape index (κ2) is 10.7. The molecule has 0 aliphatic carbocycles. The maximum Gasteiger partial charge on any atom is 0.324 e. The topological polar surface area (TPSA) is 86.9 Å². The van der Waals surface area contributed by atoms with Crippen molar-refractivity contribution >= 4 is 56.2 Å². The smallest absolute Gasteiger partial charge is 0.324 e. The molecule has 1 atom stereocenters. The number of methoxy groups -OCH3 is 1. The molecule has 0 radical (unpaired) electrons. The molecule has 1 fully saturated rings. The molecular weight excluding hydrogens is 633 g/mol. The number of halogens is 1. The minimum atomic E-state index is -1.33. The summed E-state index contributed by atoms with van der Waals surface area (Å²) in [5.41, 5.74) is 3.42. The first-order chi connectivity index (χ1) is 19.8. The van der Waals surface area contributed by atoms with E-state index in [2.05, 4.69) is 45.8 Å². The first kappa shape index (κ1) is 27.1. The van der Waals surface area contributed by atoms with Crippen molar-refractivity contribution in [3.05, 3.63) is 105 Å². The lowest BCUT2D eigenvalue weighted by molar-refractivity contribution is -0.240. The Balaban J connectivity index is 1.42. The molecule has 1 saturated heterocycles. The Hall–Kier alpha value is -4.05. The second-order valence-electron chi connectivity index (χ2n) is 10.4. The van der Waals surface area contributed by atoms with Gasteiger partial charge < -0.3 is 23.9 Å². The van der Waals surface area contributed by atoms with Gasteiger partial charge in [-0.15, -0.1) is 0 Å². The molecule has 41 heavy (non-hydrogen) atoms. The molecule has 8 heteroatoms. The minimum Gasteiger partial charge on any atom is -0.493 e. The number of H-pyrrole nitrogens is 1. The van der Waals surface area contributed by atoms with Crippen LogP contribution in [0.1, 0.15) is 36.5 Å². The molecule has 4 aromatic carbocycles. The Morgan fingerprint density at radius 2 is 1.61 bits per heavy atom. The van der Waals surface area contributed by atoms with Gasteiger partial charge >= 0.3 is 11.9 Å². The number of cyclic esters (lactones) is 2. The number of para-hydroxylation sites is 1. The van der Waals surface area contributed by atoms with Crippen LogP contribution in [0.4, 0.5) is 0 Å². The van der Waals surface area contributed by atoms with Gasteiger partial charge in [0, 0.05) is 36.9 Å². The van der Waals surface area contributed by atoms with E-state index in [0.29, 0.717) is 23.7 Å². The van der Waals surface area contributed by atoms with Crippen LogP contribution in [0.3, 0.4) is 0 Å². The van der Waals surface area contributed by atoms with E-state index in [1.807, 2.05) is 66.9 Å². The molecule has 2 heterocycles.